The molecular formula is C17H26ClNO. The number of rotatable bonds is 8. The number of benzene rings is 1. The fourth-order valence-electron chi connectivity index (χ4n) is 2.74. The third kappa shape index (κ3) is 4.99. The number of hydrogen-bond acceptors (Lipinski definition) is 2. The highest BCUT2D eigenvalue weighted by Crippen LogP contribution is 2.28. The lowest BCUT2D eigenvalue weighted by molar-refractivity contribution is 0.370. The number of ether oxygens (including phenoxy) is 1. The van der Waals surface area contributed by atoms with Gasteiger partial charge in [0, 0.05) is 11.1 Å². The Morgan fingerprint density at radius 3 is 2.70 bits per heavy atom. The second-order valence-corrected chi connectivity index (χ2v) is 6.77. The van der Waals surface area contributed by atoms with Gasteiger partial charge in [-0.3, -0.25) is 0 Å². The summed E-state index contributed by atoms with van der Waals surface area (Å²) in [6.45, 7) is 5.68. The van der Waals surface area contributed by atoms with Crippen molar-refractivity contribution in [3.8, 4) is 5.75 Å². The molecule has 0 heterocycles. The highest BCUT2D eigenvalue weighted by molar-refractivity contribution is 6.30. The van der Waals surface area contributed by atoms with Crippen LogP contribution in [0.3, 0.4) is 0 Å². The summed E-state index contributed by atoms with van der Waals surface area (Å²) in [6.07, 6.45) is 4.95. The number of nitrogens with one attached hydrogen (secondary N) is 1. The van der Waals surface area contributed by atoms with Crippen molar-refractivity contribution in [3.63, 3.8) is 0 Å². The average Bonchev–Trinajstić information content (AvgIpc) is 3.19. The summed E-state index contributed by atoms with van der Waals surface area (Å²) >= 11 is 6.13. The smallest absolute Gasteiger partial charge is 0.122 e. The van der Waals surface area contributed by atoms with Crippen molar-refractivity contribution in [1.29, 1.82) is 0 Å². The van der Waals surface area contributed by atoms with E-state index in [1.807, 2.05) is 18.2 Å². The van der Waals surface area contributed by atoms with Crippen molar-refractivity contribution in [3.05, 3.63) is 28.8 Å². The molecule has 1 saturated carbocycles. The molecule has 1 aromatic carbocycles. The van der Waals surface area contributed by atoms with Crippen molar-refractivity contribution in [1.82, 2.24) is 5.32 Å². The first-order valence-corrected chi connectivity index (χ1v) is 8.02. The minimum atomic E-state index is 0.642. The topological polar surface area (TPSA) is 21.3 Å². The summed E-state index contributed by atoms with van der Waals surface area (Å²) in [7, 11) is 1.73. The van der Waals surface area contributed by atoms with Gasteiger partial charge in [-0.15, -0.1) is 0 Å². The van der Waals surface area contributed by atoms with Crippen molar-refractivity contribution in [2.24, 2.45) is 11.8 Å². The number of methoxy groups -OCH3 is 1. The van der Waals surface area contributed by atoms with E-state index in [4.69, 9.17) is 16.3 Å². The van der Waals surface area contributed by atoms with Crippen LogP contribution in [0.5, 0.6) is 5.75 Å². The molecule has 0 spiro atoms. The molecule has 20 heavy (non-hydrogen) atoms. The Kier molecular flexibility index (Phi) is 5.74. The SMILES string of the molecule is COc1ccc(Cl)cc1CC(CNC1CC1)CC(C)C. The third-order valence-corrected chi connectivity index (χ3v) is 4.06. The van der Waals surface area contributed by atoms with Crippen LogP contribution >= 0.6 is 11.6 Å². The summed E-state index contributed by atoms with van der Waals surface area (Å²) in [6, 6.07) is 6.68. The van der Waals surface area contributed by atoms with Crippen LogP contribution in [-0.4, -0.2) is 19.7 Å². The molecule has 0 aromatic heterocycles. The van der Waals surface area contributed by atoms with Crippen LogP contribution in [0.2, 0.25) is 5.02 Å². The standard InChI is InChI=1S/C17H26ClNO/c1-12(2)8-13(11-19-16-5-6-16)9-14-10-15(18)4-7-17(14)20-3/h4,7,10,12-13,16,19H,5-6,8-9,11H2,1-3H3. The van der Waals surface area contributed by atoms with E-state index in [2.05, 4.69) is 19.2 Å². The minimum absolute atomic E-state index is 0.642. The molecular weight excluding hydrogens is 270 g/mol. The molecule has 1 aromatic rings. The molecule has 0 radical (unpaired) electrons. The highest BCUT2D eigenvalue weighted by atomic mass is 35.5. The van der Waals surface area contributed by atoms with Gasteiger partial charge in [0.2, 0.25) is 0 Å². The first kappa shape index (κ1) is 15.7. The molecule has 0 amide bonds. The molecule has 1 atom stereocenters. The zero-order chi connectivity index (χ0) is 14.5. The molecule has 0 saturated heterocycles. The quantitative estimate of drug-likeness (QED) is 0.772. The molecule has 1 aliphatic rings. The number of hydrogen-bond donors (Lipinski definition) is 1. The molecule has 1 N–H and O–H groups in total. The van der Waals surface area contributed by atoms with Crippen LogP contribution in [0.1, 0.15) is 38.7 Å². The van der Waals surface area contributed by atoms with Gasteiger partial charge >= 0.3 is 0 Å². The minimum Gasteiger partial charge on any atom is -0.496 e. The molecule has 1 aliphatic carbocycles. The maximum atomic E-state index is 6.13. The van der Waals surface area contributed by atoms with E-state index < -0.39 is 0 Å². The summed E-state index contributed by atoms with van der Waals surface area (Å²) in [5.74, 6) is 2.31. The fraction of sp³-hybridized carbons (Fsp3) is 0.647. The highest BCUT2D eigenvalue weighted by Gasteiger charge is 2.23. The molecule has 0 bridgehead atoms. The monoisotopic (exact) mass is 295 g/mol. The van der Waals surface area contributed by atoms with Crippen molar-refractivity contribution < 1.29 is 4.74 Å². The van der Waals surface area contributed by atoms with Gasteiger partial charge in [-0.1, -0.05) is 25.4 Å². The zero-order valence-corrected chi connectivity index (χ0v) is 13.5. The molecule has 2 nitrogen and oxygen atoms in total. The van der Waals surface area contributed by atoms with Gasteiger partial charge in [0.1, 0.15) is 5.75 Å². The van der Waals surface area contributed by atoms with E-state index >= 15 is 0 Å². The Balaban J connectivity index is 2.02. The lowest BCUT2D eigenvalue weighted by atomic mass is 9.90. The Morgan fingerprint density at radius 1 is 1.35 bits per heavy atom. The molecule has 3 heteroatoms. The Bertz CT molecular complexity index is 429. The van der Waals surface area contributed by atoms with E-state index in [1.165, 1.54) is 24.8 Å². The van der Waals surface area contributed by atoms with E-state index in [-0.39, 0.29) is 0 Å². The van der Waals surface area contributed by atoms with Gasteiger partial charge in [-0.25, -0.2) is 0 Å². The van der Waals surface area contributed by atoms with E-state index in [0.717, 1.165) is 29.8 Å². The molecule has 112 valence electrons. The van der Waals surface area contributed by atoms with Crippen molar-refractivity contribution in [2.75, 3.05) is 13.7 Å². The second kappa shape index (κ2) is 7.33. The van der Waals surface area contributed by atoms with Gasteiger partial charge in [-0.2, -0.15) is 0 Å². The first-order chi connectivity index (χ1) is 9.58. The van der Waals surface area contributed by atoms with Crippen LogP contribution < -0.4 is 10.1 Å². The van der Waals surface area contributed by atoms with Crippen LogP contribution in [-0.2, 0) is 6.42 Å². The lowest BCUT2D eigenvalue weighted by Gasteiger charge is -2.21. The Labute approximate surface area is 127 Å². The molecule has 0 aliphatic heterocycles. The lowest BCUT2D eigenvalue weighted by Crippen LogP contribution is -2.27. The van der Waals surface area contributed by atoms with Crippen LogP contribution in [0.15, 0.2) is 18.2 Å². The Morgan fingerprint density at radius 2 is 2.10 bits per heavy atom. The van der Waals surface area contributed by atoms with Crippen LogP contribution in [0.25, 0.3) is 0 Å². The predicted molar refractivity (Wildman–Crippen MR) is 85.7 cm³/mol. The van der Waals surface area contributed by atoms with Crippen LogP contribution in [0.4, 0.5) is 0 Å². The van der Waals surface area contributed by atoms with Gasteiger partial charge in [0.15, 0.2) is 0 Å². The maximum absolute atomic E-state index is 6.13. The van der Waals surface area contributed by atoms with Gasteiger partial charge in [0.05, 0.1) is 7.11 Å². The fourth-order valence-corrected chi connectivity index (χ4v) is 2.94. The largest absolute Gasteiger partial charge is 0.496 e. The predicted octanol–water partition coefficient (Wildman–Crippen LogP) is 4.31. The maximum Gasteiger partial charge on any atom is 0.122 e. The van der Waals surface area contributed by atoms with Gasteiger partial charge in [0.25, 0.3) is 0 Å². The molecule has 1 fully saturated rings. The van der Waals surface area contributed by atoms with Crippen molar-refractivity contribution >= 4 is 11.6 Å². The summed E-state index contributed by atoms with van der Waals surface area (Å²) < 4.78 is 5.47. The average molecular weight is 296 g/mol. The summed E-state index contributed by atoms with van der Waals surface area (Å²) in [5.41, 5.74) is 1.23. The van der Waals surface area contributed by atoms with Crippen LogP contribution in [0, 0.1) is 11.8 Å². The second-order valence-electron chi connectivity index (χ2n) is 6.34. The normalized spacial score (nSPS) is 16.4. The molecule has 1 unspecified atom stereocenters. The summed E-state index contributed by atoms with van der Waals surface area (Å²) in [5, 5.41) is 4.45. The zero-order valence-electron chi connectivity index (χ0n) is 12.8. The molecule has 2 rings (SSSR count). The summed E-state index contributed by atoms with van der Waals surface area (Å²) in [4.78, 5) is 0. The van der Waals surface area contributed by atoms with E-state index in [9.17, 15) is 0 Å². The van der Waals surface area contributed by atoms with E-state index in [0.29, 0.717) is 11.8 Å². The van der Waals surface area contributed by atoms with Gasteiger partial charge < -0.3 is 10.1 Å². The van der Waals surface area contributed by atoms with E-state index in [1.54, 1.807) is 7.11 Å². The van der Waals surface area contributed by atoms with Gasteiger partial charge in [-0.05, 0) is 67.8 Å². The number of halogens is 1. The third-order valence-electron chi connectivity index (χ3n) is 3.83. The first-order valence-electron chi connectivity index (χ1n) is 7.64. The van der Waals surface area contributed by atoms with Crippen molar-refractivity contribution in [2.45, 2.75) is 45.6 Å². The Hall–Kier alpha value is -0.730.